The molecule has 0 spiro atoms. The maximum Gasteiger partial charge on any atom is 0.392 e. The lowest BCUT2D eigenvalue weighted by Crippen LogP contribution is -2.11. The van der Waals surface area contributed by atoms with Gasteiger partial charge in [0.05, 0.1) is 13.0 Å². The highest BCUT2D eigenvalue weighted by molar-refractivity contribution is 5.93. The van der Waals surface area contributed by atoms with E-state index in [4.69, 9.17) is 4.74 Å². The van der Waals surface area contributed by atoms with Crippen LogP contribution in [-0.2, 0) is 4.74 Å². The van der Waals surface area contributed by atoms with E-state index in [1.54, 1.807) is 25.4 Å². The van der Waals surface area contributed by atoms with Gasteiger partial charge in [-0.05, 0) is 12.2 Å². The third-order valence-corrected chi connectivity index (χ3v) is 2.26. The average Bonchev–Trinajstić information content (AvgIpc) is 2.39. The number of ether oxygens (including phenoxy) is 1. The second kappa shape index (κ2) is 7.47. The molecule has 0 bridgehead atoms. The lowest BCUT2D eigenvalue weighted by Gasteiger charge is -2.15. The lowest BCUT2D eigenvalue weighted by atomic mass is 10.1. The summed E-state index contributed by atoms with van der Waals surface area (Å²) < 4.78 is 41.6. The molecule has 1 aliphatic rings. The van der Waals surface area contributed by atoms with Gasteiger partial charge in [-0.15, -0.1) is 0 Å². The Morgan fingerprint density at radius 1 is 1.40 bits per heavy atom. The summed E-state index contributed by atoms with van der Waals surface area (Å²) in [6.45, 7) is 3.83. The molecule has 0 atom stereocenters. The van der Waals surface area contributed by atoms with Crippen molar-refractivity contribution in [3.05, 3.63) is 48.3 Å². The third-order valence-electron chi connectivity index (χ3n) is 2.26. The summed E-state index contributed by atoms with van der Waals surface area (Å²) in [4.78, 5) is 7.87. The zero-order valence-corrected chi connectivity index (χ0v) is 11.0. The van der Waals surface area contributed by atoms with Crippen molar-refractivity contribution < 1.29 is 17.9 Å². The van der Waals surface area contributed by atoms with Crippen LogP contribution in [0.3, 0.4) is 0 Å². The van der Waals surface area contributed by atoms with Gasteiger partial charge in [-0.25, -0.2) is 4.99 Å². The fraction of sp³-hybridized carbons (Fsp3) is 0.286. The van der Waals surface area contributed by atoms with Crippen LogP contribution in [0.5, 0.6) is 0 Å². The van der Waals surface area contributed by atoms with E-state index in [9.17, 15) is 13.2 Å². The van der Waals surface area contributed by atoms with Gasteiger partial charge in [0, 0.05) is 24.9 Å². The number of nitrogens with zero attached hydrogens (tertiary/aromatic N) is 2. The molecule has 0 saturated heterocycles. The minimum absolute atomic E-state index is 0.249. The van der Waals surface area contributed by atoms with Crippen LogP contribution in [0.1, 0.15) is 6.42 Å². The molecule has 3 nitrogen and oxygen atoms in total. The molecule has 1 aliphatic heterocycles. The van der Waals surface area contributed by atoms with Gasteiger partial charge < -0.3 is 4.74 Å². The minimum Gasteiger partial charge on any atom is -0.439 e. The number of alkyl halides is 3. The predicted molar refractivity (Wildman–Crippen MR) is 74.0 cm³/mol. The van der Waals surface area contributed by atoms with Crippen LogP contribution in [0.4, 0.5) is 13.2 Å². The molecule has 0 aromatic rings. The number of halogens is 3. The van der Waals surface area contributed by atoms with Crippen molar-refractivity contribution in [2.75, 3.05) is 13.6 Å². The highest BCUT2D eigenvalue weighted by Crippen LogP contribution is 2.22. The molecule has 0 aliphatic carbocycles. The molecule has 20 heavy (non-hydrogen) atoms. The molecular weight excluding hydrogens is 269 g/mol. The Labute approximate surface area is 115 Å². The highest BCUT2D eigenvalue weighted by Gasteiger charge is 2.24. The molecule has 1 rings (SSSR count). The Hall–Kier alpha value is -2.11. The molecule has 6 heteroatoms. The number of rotatable bonds is 5. The van der Waals surface area contributed by atoms with Crippen molar-refractivity contribution in [2.24, 2.45) is 9.98 Å². The Bertz CT molecular complexity index is 497. The van der Waals surface area contributed by atoms with Crippen molar-refractivity contribution in [2.45, 2.75) is 12.6 Å². The summed E-state index contributed by atoms with van der Waals surface area (Å²) in [6.07, 6.45) is 3.51. The average molecular weight is 284 g/mol. The SMILES string of the molecule is C=CC1=C(/C=C/CC(F)(F)F)CN=C(/C=C/C=NC)O1. The van der Waals surface area contributed by atoms with Crippen molar-refractivity contribution in [3.8, 4) is 0 Å². The first-order valence-corrected chi connectivity index (χ1v) is 5.86. The van der Waals surface area contributed by atoms with Crippen LogP contribution in [0.2, 0.25) is 0 Å². The second-order valence-electron chi connectivity index (χ2n) is 3.84. The molecule has 108 valence electrons. The van der Waals surface area contributed by atoms with Gasteiger partial charge in [0.25, 0.3) is 0 Å². The first-order valence-electron chi connectivity index (χ1n) is 5.86. The summed E-state index contributed by atoms with van der Waals surface area (Å²) >= 11 is 0. The topological polar surface area (TPSA) is 34.0 Å². The summed E-state index contributed by atoms with van der Waals surface area (Å²) in [5.41, 5.74) is 0.561. The van der Waals surface area contributed by atoms with Crippen molar-refractivity contribution >= 4 is 12.1 Å². The monoisotopic (exact) mass is 284 g/mol. The second-order valence-corrected chi connectivity index (χ2v) is 3.84. The van der Waals surface area contributed by atoms with E-state index in [0.717, 1.165) is 6.08 Å². The van der Waals surface area contributed by atoms with Crippen molar-refractivity contribution in [1.82, 2.24) is 0 Å². The molecule has 0 N–H and O–H groups in total. The lowest BCUT2D eigenvalue weighted by molar-refractivity contribution is -0.125. The fourth-order valence-corrected chi connectivity index (χ4v) is 1.39. The van der Waals surface area contributed by atoms with Gasteiger partial charge in [0.1, 0.15) is 5.76 Å². The van der Waals surface area contributed by atoms with E-state index >= 15 is 0 Å². The highest BCUT2D eigenvalue weighted by atomic mass is 19.4. The first kappa shape index (κ1) is 15.9. The molecule has 0 aromatic heterocycles. The quantitative estimate of drug-likeness (QED) is 0.710. The molecule has 0 aromatic carbocycles. The Balaban J connectivity index is 2.72. The van der Waals surface area contributed by atoms with Gasteiger partial charge in [-0.3, -0.25) is 4.99 Å². The predicted octanol–water partition coefficient (Wildman–Crippen LogP) is 3.62. The zero-order chi connectivity index (χ0) is 15.0. The largest absolute Gasteiger partial charge is 0.439 e. The van der Waals surface area contributed by atoms with Gasteiger partial charge in [-0.1, -0.05) is 18.7 Å². The van der Waals surface area contributed by atoms with Gasteiger partial charge in [0.15, 0.2) is 0 Å². The molecule has 0 radical (unpaired) electrons. The summed E-state index contributed by atoms with van der Waals surface area (Å²) in [5, 5.41) is 0. The maximum atomic E-state index is 12.1. The Morgan fingerprint density at radius 2 is 2.15 bits per heavy atom. The molecular formula is C14H15F3N2O. The molecule has 0 amide bonds. The number of hydrogen-bond donors (Lipinski definition) is 0. The first-order chi connectivity index (χ1) is 9.46. The van der Waals surface area contributed by atoms with E-state index in [1.807, 2.05) is 0 Å². The normalized spacial score (nSPS) is 17.1. The van der Waals surface area contributed by atoms with E-state index in [-0.39, 0.29) is 6.54 Å². The zero-order valence-electron chi connectivity index (χ0n) is 11.0. The third kappa shape index (κ3) is 5.69. The van der Waals surface area contributed by atoms with E-state index < -0.39 is 12.6 Å². The molecule has 0 unspecified atom stereocenters. The van der Waals surface area contributed by atoms with Gasteiger partial charge in [-0.2, -0.15) is 13.2 Å². The number of aliphatic imine (C=N–C) groups is 2. The smallest absolute Gasteiger partial charge is 0.392 e. The van der Waals surface area contributed by atoms with E-state index in [0.29, 0.717) is 17.2 Å². The van der Waals surface area contributed by atoms with Crippen LogP contribution >= 0.6 is 0 Å². The Kier molecular flexibility index (Phi) is 5.96. The molecule has 0 fully saturated rings. The van der Waals surface area contributed by atoms with Crippen molar-refractivity contribution in [3.63, 3.8) is 0 Å². The van der Waals surface area contributed by atoms with Crippen LogP contribution in [-0.4, -0.2) is 31.9 Å². The van der Waals surface area contributed by atoms with E-state index in [2.05, 4.69) is 16.6 Å². The van der Waals surface area contributed by atoms with Crippen LogP contribution in [0, 0.1) is 0 Å². The van der Waals surface area contributed by atoms with Crippen molar-refractivity contribution in [1.29, 1.82) is 0 Å². The minimum atomic E-state index is -4.21. The van der Waals surface area contributed by atoms with Crippen LogP contribution in [0.15, 0.2) is 58.3 Å². The standard InChI is InChI=1S/C14H15F3N2O/c1-3-12-11(6-4-8-14(15,16)17)10-19-13(20-12)7-5-9-18-2/h3-7,9H,1,8,10H2,2H3/b6-4+,7-5+,18-9?. The fourth-order valence-electron chi connectivity index (χ4n) is 1.39. The summed E-state index contributed by atoms with van der Waals surface area (Å²) in [6, 6.07) is 0. The van der Waals surface area contributed by atoms with Gasteiger partial charge in [0.2, 0.25) is 5.90 Å². The van der Waals surface area contributed by atoms with Crippen LogP contribution < -0.4 is 0 Å². The van der Waals surface area contributed by atoms with E-state index in [1.165, 1.54) is 12.2 Å². The molecule has 0 saturated carbocycles. The number of allylic oxidation sites excluding steroid dienone is 3. The van der Waals surface area contributed by atoms with Gasteiger partial charge >= 0.3 is 6.18 Å². The summed E-state index contributed by atoms with van der Waals surface area (Å²) in [5.74, 6) is 0.777. The van der Waals surface area contributed by atoms with Crippen LogP contribution in [0.25, 0.3) is 0 Å². The Morgan fingerprint density at radius 3 is 2.75 bits per heavy atom. The number of hydrogen-bond acceptors (Lipinski definition) is 3. The molecule has 1 heterocycles. The summed E-state index contributed by atoms with van der Waals surface area (Å²) in [7, 11) is 1.63. The maximum absolute atomic E-state index is 12.1.